The first-order chi connectivity index (χ1) is 7.11. The number of hydrogen-bond donors (Lipinski definition) is 0. The van der Waals surface area contributed by atoms with Gasteiger partial charge in [-0.05, 0) is 12.8 Å². The van der Waals surface area contributed by atoms with Crippen molar-refractivity contribution in [3.63, 3.8) is 0 Å². The van der Waals surface area contributed by atoms with Crippen LogP contribution >= 0.6 is 0 Å². The van der Waals surface area contributed by atoms with Crippen molar-refractivity contribution in [3.8, 4) is 0 Å². The van der Waals surface area contributed by atoms with Crippen LogP contribution < -0.4 is 0 Å². The maximum Gasteiger partial charge on any atom is 0.204 e. The molecular formula is C11H21NO3. The molecule has 0 spiro atoms. The summed E-state index contributed by atoms with van der Waals surface area (Å²) in [5, 5.41) is 10.2. The van der Waals surface area contributed by atoms with Crippen molar-refractivity contribution >= 4 is 5.78 Å². The van der Waals surface area contributed by atoms with E-state index in [-0.39, 0.29) is 23.2 Å². The van der Waals surface area contributed by atoms with Crippen molar-refractivity contribution < 1.29 is 9.72 Å². The van der Waals surface area contributed by atoms with Crippen LogP contribution in [-0.2, 0) is 4.79 Å². The second-order valence-corrected chi connectivity index (χ2v) is 3.90. The number of nitro groups is 1. The molecule has 0 fully saturated rings. The Morgan fingerprint density at radius 3 is 2.40 bits per heavy atom. The SMILES string of the molecule is CCCCC(=O)C(CCC)CC[N+](=O)[O-]. The van der Waals surface area contributed by atoms with Crippen molar-refractivity contribution in [2.24, 2.45) is 5.92 Å². The summed E-state index contributed by atoms with van der Waals surface area (Å²) in [4.78, 5) is 21.6. The Morgan fingerprint density at radius 2 is 1.93 bits per heavy atom. The number of carbonyl (C=O) groups excluding carboxylic acids is 1. The maximum atomic E-state index is 11.7. The van der Waals surface area contributed by atoms with Crippen LogP contribution in [0.4, 0.5) is 0 Å². The molecule has 1 atom stereocenters. The third-order valence-electron chi connectivity index (χ3n) is 2.53. The summed E-state index contributed by atoms with van der Waals surface area (Å²) < 4.78 is 0. The predicted octanol–water partition coefficient (Wildman–Crippen LogP) is 2.83. The molecule has 88 valence electrons. The molecule has 0 aliphatic carbocycles. The minimum Gasteiger partial charge on any atom is -0.299 e. The van der Waals surface area contributed by atoms with Crippen molar-refractivity contribution in [2.75, 3.05) is 6.54 Å². The Hall–Kier alpha value is -0.930. The number of ketones is 1. The lowest BCUT2D eigenvalue weighted by Crippen LogP contribution is -2.18. The topological polar surface area (TPSA) is 60.2 Å². The van der Waals surface area contributed by atoms with E-state index in [1.165, 1.54) is 0 Å². The Bertz CT molecular complexity index is 204. The zero-order valence-corrected chi connectivity index (χ0v) is 9.70. The Labute approximate surface area is 91.2 Å². The fraction of sp³-hybridized carbons (Fsp3) is 0.909. The van der Waals surface area contributed by atoms with E-state index >= 15 is 0 Å². The van der Waals surface area contributed by atoms with E-state index in [9.17, 15) is 14.9 Å². The minimum absolute atomic E-state index is 0.0808. The van der Waals surface area contributed by atoms with Gasteiger partial charge in [0.15, 0.2) is 0 Å². The van der Waals surface area contributed by atoms with Gasteiger partial charge in [0.05, 0.1) is 0 Å². The van der Waals surface area contributed by atoms with Crippen LogP contribution in [0.5, 0.6) is 0 Å². The molecule has 0 aliphatic heterocycles. The van der Waals surface area contributed by atoms with Crippen LogP contribution in [-0.4, -0.2) is 17.3 Å². The highest BCUT2D eigenvalue weighted by Crippen LogP contribution is 2.16. The van der Waals surface area contributed by atoms with Gasteiger partial charge in [0, 0.05) is 23.7 Å². The summed E-state index contributed by atoms with van der Waals surface area (Å²) in [7, 11) is 0. The molecule has 0 saturated carbocycles. The highest BCUT2D eigenvalue weighted by Gasteiger charge is 2.18. The zero-order chi connectivity index (χ0) is 11.7. The fourth-order valence-corrected chi connectivity index (χ4v) is 1.63. The number of nitrogens with zero attached hydrogens (tertiary/aromatic N) is 1. The van der Waals surface area contributed by atoms with Gasteiger partial charge in [0.1, 0.15) is 5.78 Å². The van der Waals surface area contributed by atoms with Crippen LogP contribution in [0.2, 0.25) is 0 Å². The highest BCUT2D eigenvalue weighted by molar-refractivity contribution is 5.80. The molecule has 0 N–H and O–H groups in total. The van der Waals surface area contributed by atoms with Gasteiger partial charge in [-0.15, -0.1) is 0 Å². The standard InChI is InChI=1S/C11H21NO3/c1-3-5-7-11(13)10(6-4-2)8-9-12(14)15/h10H,3-9H2,1-2H3. The predicted molar refractivity (Wildman–Crippen MR) is 59.4 cm³/mol. The summed E-state index contributed by atoms with van der Waals surface area (Å²) in [6.45, 7) is 3.97. The lowest BCUT2D eigenvalue weighted by atomic mass is 9.92. The first-order valence-corrected chi connectivity index (χ1v) is 5.76. The number of rotatable bonds is 9. The quantitative estimate of drug-likeness (QED) is 0.439. The summed E-state index contributed by atoms with van der Waals surface area (Å²) >= 11 is 0. The second kappa shape index (κ2) is 8.38. The first-order valence-electron chi connectivity index (χ1n) is 5.76. The fourth-order valence-electron chi connectivity index (χ4n) is 1.63. The molecule has 0 aromatic heterocycles. The van der Waals surface area contributed by atoms with Crippen molar-refractivity contribution in [1.82, 2.24) is 0 Å². The van der Waals surface area contributed by atoms with E-state index in [2.05, 4.69) is 0 Å². The molecule has 0 radical (unpaired) electrons. The first kappa shape index (κ1) is 14.1. The molecule has 0 rings (SSSR count). The van der Waals surface area contributed by atoms with E-state index < -0.39 is 0 Å². The van der Waals surface area contributed by atoms with Crippen LogP contribution in [0.1, 0.15) is 52.4 Å². The van der Waals surface area contributed by atoms with Crippen LogP contribution in [0.25, 0.3) is 0 Å². The van der Waals surface area contributed by atoms with E-state index in [0.29, 0.717) is 12.8 Å². The zero-order valence-electron chi connectivity index (χ0n) is 9.70. The van der Waals surface area contributed by atoms with Crippen LogP contribution in [0, 0.1) is 16.0 Å². The molecule has 15 heavy (non-hydrogen) atoms. The minimum atomic E-state index is -0.338. The average molecular weight is 215 g/mol. The van der Waals surface area contributed by atoms with E-state index in [4.69, 9.17) is 0 Å². The summed E-state index contributed by atoms with van der Waals surface area (Å²) in [5.74, 6) is 0.118. The number of Topliss-reactive ketones (excluding diaryl/α,β-unsaturated/α-hetero) is 1. The highest BCUT2D eigenvalue weighted by atomic mass is 16.6. The smallest absolute Gasteiger partial charge is 0.204 e. The second-order valence-electron chi connectivity index (χ2n) is 3.90. The third-order valence-corrected chi connectivity index (χ3v) is 2.53. The molecule has 0 aromatic rings. The van der Waals surface area contributed by atoms with Crippen LogP contribution in [0.3, 0.4) is 0 Å². The Balaban J connectivity index is 4.00. The molecule has 0 heterocycles. The van der Waals surface area contributed by atoms with E-state index in [1.807, 2.05) is 13.8 Å². The molecule has 4 heteroatoms. The summed E-state index contributed by atoms with van der Waals surface area (Å²) in [6, 6.07) is 0. The average Bonchev–Trinajstić information content (AvgIpc) is 2.20. The molecule has 1 unspecified atom stereocenters. The van der Waals surface area contributed by atoms with Crippen LogP contribution in [0.15, 0.2) is 0 Å². The van der Waals surface area contributed by atoms with Crippen molar-refractivity contribution in [1.29, 1.82) is 0 Å². The molecule has 0 saturated heterocycles. The van der Waals surface area contributed by atoms with Gasteiger partial charge in [0.2, 0.25) is 6.54 Å². The molecule has 0 amide bonds. The Kier molecular flexibility index (Phi) is 7.86. The van der Waals surface area contributed by atoms with Gasteiger partial charge in [-0.2, -0.15) is 0 Å². The van der Waals surface area contributed by atoms with E-state index in [1.54, 1.807) is 0 Å². The van der Waals surface area contributed by atoms with Gasteiger partial charge in [-0.1, -0.05) is 26.7 Å². The molecule has 0 bridgehead atoms. The van der Waals surface area contributed by atoms with Gasteiger partial charge < -0.3 is 0 Å². The normalized spacial score (nSPS) is 12.4. The summed E-state index contributed by atoms with van der Waals surface area (Å²) in [5.41, 5.74) is 0. The molecule has 4 nitrogen and oxygen atoms in total. The molecular weight excluding hydrogens is 194 g/mol. The number of hydrogen-bond acceptors (Lipinski definition) is 3. The van der Waals surface area contributed by atoms with Gasteiger partial charge in [0.25, 0.3) is 0 Å². The third kappa shape index (κ3) is 7.05. The number of unbranched alkanes of at least 4 members (excludes halogenated alkanes) is 1. The van der Waals surface area contributed by atoms with Crippen molar-refractivity contribution in [2.45, 2.75) is 52.4 Å². The van der Waals surface area contributed by atoms with Gasteiger partial charge in [-0.3, -0.25) is 14.9 Å². The molecule has 0 aromatic carbocycles. The maximum absolute atomic E-state index is 11.7. The van der Waals surface area contributed by atoms with Gasteiger partial charge >= 0.3 is 0 Å². The van der Waals surface area contributed by atoms with E-state index in [0.717, 1.165) is 25.7 Å². The lowest BCUT2D eigenvalue weighted by molar-refractivity contribution is -0.481. The summed E-state index contributed by atoms with van der Waals surface area (Å²) in [6.07, 6.45) is 4.59. The van der Waals surface area contributed by atoms with Gasteiger partial charge in [-0.25, -0.2) is 0 Å². The largest absolute Gasteiger partial charge is 0.299 e. The monoisotopic (exact) mass is 215 g/mol. The Morgan fingerprint density at radius 1 is 1.27 bits per heavy atom. The lowest BCUT2D eigenvalue weighted by Gasteiger charge is -2.12. The number of carbonyl (C=O) groups is 1. The molecule has 0 aliphatic rings. The van der Waals surface area contributed by atoms with Crippen molar-refractivity contribution in [3.05, 3.63) is 10.1 Å².